The maximum absolute atomic E-state index is 2.41. The van der Waals surface area contributed by atoms with E-state index in [1.165, 1.54) is 288 Å². The van der Waals surface area contributed by atoms with Crippen LogP contribution < -0.4 is 0 Å². The van der Waals surface area contributed by atoms with E-state index in [1.54, 1.807) is 33.4 Å². The van der Waals surface area contributed by atoms with E-state index >= 15 is 0 Å². The van der Waals surface area contributed by atoms with Crippen molar-refractivity contribution in [1.82, 2.24) is 0 Å². The molecule has 0 fully saturated rings. The summed E-state index contributed by atoms with van der Waals surface area (Å²) in [5.41, 5.74) is 72.3. The first kappa shape index (κ1) is 85.0. The molecule has 0 nitrogen and oxygen atoms in total. The predicted molar refractivity (Wildman–Crippen MR) is 608 cm³/mol. The molecule has 0 unspecified atom stereocenters. The molecule has 0 aliphatic heterocycles. The minimum atomic E-state index is 1.06. The average Bonchev–Trinajstić information content (AvgIpc) is 1.58. The molecule has 12 aliphatic carbocycles. The normalized spacial score (nSPS) is 13.9. The lowest BCUT2D eigenvalue weighted by Crippen LogP contribution is -2.09. The molecule has 23 aromatic rings. The second kappa shape index (κ2) is 34.6. The summed E-state index contributed by atoms with van der Waals surface area (Å²) in [4.78, 5) is 0. The first-order valence-electron chi connectivity index (χ1n) is 53.2. The van der Waals surface area contributed by atoms with Gasteiger partial charge >= 0.3 is 0 Å². The van der Waals surface area contributed by atoms with Crippen LogP contribution in [0.3, 0.4) is 0 Å². The summed E-state index contributed by atoms with van der Waals surface area (Å²) in [6.45, 7) is 0. The average molecular weight is 1860 g/mol. The third kappa shape index (κ3) is 14.4. The van der Waals surface area contributed by atoms with Gasteiger partial charge in [0.05, 0.1) is 0 Å². The first-order chi connectivity index (χ1) is 72.3. The molecule has 0 N–H and O–H groups in total. The van der Waals surface area contributed by atoms with Crippen LogP contribution in [0.4, 0.5) is 0 Å². The highest BCUT2D eigenvalue weighted by atomic mass is 14.4. The quantitative estimate of drug-likeness (QED) is 0.142. The molecule has 12 aliphatic rings. The minimum Gasteiger partial charge on any atom is -0.0620 e. The molecule has 0 saturated heterocycles. The van der Waals surface area contributed by atoms with Crippen LogP contribution in [-0.4, -0.2) is 0 Å². The standard InChI is InChI=1S/5C25H18.C21H16/c1-3-7-18-14-23-20(11-16(18)5-1)9-10-21-13-22-12-17-6-2-4-8-19(17)15-24(22)25(21)23;1-3-7-21-16(5-1)9-10-18-15-24-19(14-23(18)21)11-12-20-13-17-6-2-4-8-22(17)25(20)24;1-2-7-18-15-23-19(13-17(18)6-1)10-12-21-14-20-11-9-16-5-3-4-8-22(16)24(20)25(21)23;1-2-7-18-14-23-19(13-17(18)6-1)9-10-20-15-24-21-8-4-3-5-16(21)11-12-22(24)25(20)23;1-2-6-17-12-22-15-24-19(14-21(22)11-16(17)5-1)9-10-20-13-18-7-3-4-8-23(18)25(20)24;1-2-6-15-13-20-17(11-14(15)5-1)9-10-18-12-16-7-3-4-8-19(16)21(18)20/h1-10,12,15H,11,13-14H2;4*1-12H,13-15H2;1-10H,11-13H2. The Balaban J connectivity index is 0.0000000813. The molecule has 35 rings (SSSR count). The zero-order valence-electron chi connectivity index (χ0n) is 82.1. The Morgan fingerprint density at radius 3 is 0.733 bits per heavy atom. The van der Waals surface area contributed by atoms with Gasteiger partial charge in [0.25, 0.3) is 0 Å². The Kier molecular flexibility index (Phi) is 20.1. The third-order valence-electron chi connectivity index (χ3n) is 35.1. The zero-order chi connectivity index (χ0) is 95.7. The summed E-state index contributed by atoms with van der Waals surface area (Å²) in [7, 11) is 0. The van der Waals surface area contributed by atoms with Crippen LogP contribution in [0.25, 0.3) is 121 Å². The Hall–Kier alpha value is -16.6. The fourth-order valence-electron chi connectivity index (χ4n) is 28.1. The van der Waals surface area contributed by atoms with Gasteiger partial charge in [-0.3, -0.25) is 0 Å². The molecule has 0 saturated carbocycles. The molecule has 0 aromatic heterocycles. The van der Waals surface area contributed by atoms with Crippen LogP contribution in [0.15, 0.2) is 425 Å². The van der Waals surface area contributed by atoms with E-state index in [1.807, 2.05) is 0 Å². The molecule has 0 bridgehead atoms. The van der Waals surface area contributed by atoms with Crippen molar-refractivity contribution in [3.8, 4) is 66.8 Å². The number of hydrogen-bond acceptors (Lipinski definition) is 0. The van der Waals surface area contributed by atoms with Crippen molar-refractivity contribution in [2.75, 3.05) is 0 Å². The smallest absolute Gasteiger partial charge is 0.000718 e. The largest absolute Gasteiger partial charge is 0.0620 e. The fourth-order valence-corrected chi connectivity index (χ4v) is 28.1. The lowest BCUT2D eigenvalue weighted by molar-refractivity contribution is 1.00. The highest BCUT2D eigenvalue weighted by molar-refractivity contribution is 6.04. The summed E-state index contributed by atoms with van der Waals surface area (Å²) >= 11 is 0. The summed E-state index contributed by atoms with van der Waals surface area (Å²) in [6.07, 6.45) is 19.3. The van der Waals surface area contributed by atoms with Gasteiger partial charge < -0.3 is 0 Å². The zero-order valence-corrected chi connectivity index (χ0v) is 82.1. The summed E-state index contributed by atoms with van der Waals surface area (Å²) in [5.74, 6) is 0. The lowest BCUT2D eigenvalue weighted by Gasteiger charge is -2.24. The molecular weight excluding hydrogens is 1750 g/mol. The maximum Gasteiger partial charge on any atom is -0.000718 e. The van der Waals surface area contributed by atoms with Crippen molar-refractivity contribution in [3.05, 3.63) is 625 Å². The molecule has 0 spiro atoms. The second-order valence-electron chi connectivity index (χ2n) is 43.0. The monoisotopic (exact) mass is 1860 g/mol. The van der Waals surface area contributed by atoms with Gasteiger partial charge in [0.1, 0.15) is 0 Å². The van der Waals surface area contributed by atoms with Gasteiger partial charge in [0.15, 0.2) is 0 Å². The van der Waals surface area contributed by atoms with Crippen LogP contribution in [-0.2, 0) is 116 Å². The lowest BCUT2D eigenvalue weighted by atomic mass is 9.80. The highest BCUT2D eigenvalue weighted by Crippen LogP contribution is 2.54. The van der Waals surface area contributed by atoms with Gasteiger partial charge in [-0.05, 0) is 443 Å². The Morgan fingerprint density at radius 1 is 0.0890 bits per heavy atom. The molecule has 23 aromatic carbocycles. The SMILES string of the molecule is c1ccc2c(c1)Cc1ccc3c(c1-2)Cc1cc2ccccc2cc1C3.c1ccc2c(c1)Cc1ccc3c(c1-2)Cc1ccc2ccccc2c1C3.c1ccc2c(c1)Cc1ccc3c(c1C2)-c1c(ccc2ccccc12)C3.c1ccc2c(c1)Cc1ccc3c(c1C2)-c1cc2ccccc2cc1C3.c1ccc2c(c1)Cc1ccc3c(c1C2)-c1ccc2ccccc2c1C3.c1ccc2c(c1)Cc1ccc3c(c1C2)-c1ccccc1C3. The van der Waals surface area contributed by atoms with E-state index in [-0.39, 0.29) is 0 Å². The van der Waals surface area contributed by atoms with E-state index in [4.69, 9.17) is 0 Å². The molecule has 0 atom stereocenters. The van der Waals surface area contributed by atoms with Gasteiger partial charge in [-0.15, -0.1) is 0 Å². The van der Waals surface area contributed by atoms with Crippen molar-refractivity contribution >= 4 is 53.9 Å². The van der Waals surface area contributed by atoms with E-state index in [0.717, 1.165) is 116 Å². The maximum atomic E-state index is 2.41. The van der Waals surface area contributed by atoms with Crippen LogP contribution in [0.5, 0.6) is 0 Å². The Labute approximate surface area is 854 Å². The fraction of sp³-hybridized carbons (Fsp3) is 0.123. The van der Waals surface area contributed by atoms with Crippen LogP contribution in [0.1, 0.15) is 200 Å². The molecular formula is C146H106. The molecule has 146 heavy (non-hydrogen) atoms. The van der Waals surface area contributed by atoms with Crippen molar-refractivity contribution in [1.29, 1.82) is 0 Å². The van der Waals surface area contributed by atoms with Crippen LogP contribution in [0.2, 0.25) is 0 Å². The van der Waals surface area contributed by atoms with E-state index < -0.39 is 0 Å². The third-order valence-corrected chi connectivity index (χ3v) is 35.1. The van der Waals surface area contributed by atoms with Gasteiger partial charge in [0.2, 0.25) is 0 Å². The number of hydrogen-bond donors (Lipinski definition) is 0. The van der Waals surface area contributed by atoms with Crippen molar-refractivity contribution in [2.45, 2.75) is 116 Å². The van der Waals surface area contributed by atoms with Gasteiger partial charge in [0, 0.05) is 0 Å². The van der Waals surface area contributed by atoms with Gasteiger partial charge in [-0.25, -0.2) is 0 Å². The molecule has 0 amide bonds. The van der Waals surface area contributed by atoms with Crippen molar-refractivity contribution in [2.24, 2.45) is 0 Å². The van der Waals surface area contributed by atoms with E-state index in [2.05, 4.69) is 425 Å². The summed E-state index contributed by atoms with van der Waals surface area (Å²) in [6, 6.07) is 158. The minimum absolute atomic E-state index is 1.06. The number of fused-ring (bicyclic) bond motifs is 44. The van der Waals surface area contributed by atoms with Crippen molar-refractivity contribution < 1.29 is 0 Å². The Bertz CT molecular complexity index is 9350. The number of rotatable bonds is 0. The molecule has 0 heteroatoms. The van der Waals surface area contributed by atoms with Gasteiger partial charge in [-0.2, -0.15) is 0 Å². The summed E-state index contributed by atoms with van der Waals surface area (Å²) in [5, 5.41) is 13.7. The van der Waals surface area contributed by atoms with Crippen LogP contribution in [0, 0.1) is 0 Å². The second-order valence-corrected chi connectivity index (χ2v) is 43.0. The Morgan fingerprint density at radius 2 is 0.301 bits per heavy atom. The number of benzene rings is 23. The molecule has 0 heterocycles. The van der Waals surface area contributed by atoms with E-state index in [0.29, 0.717) is 0 Å². The van der Waals surface area contributed by atoms with Crippen LogP contribution >= 0.6 is 0 Å². The highest BCUT2D eigenvalue weighted by Gasteiger charge is 2.36. The van der Waals surface area contributed by atoms with Gasteiger partial charge in [-0.1, -0.05) is 419 Å². The van der Waals surface area contributed by atoms with Crippen molar-refractivity contribution in [3.63, 3.8) is 0 Å². The predicted octanol–water partition coefficient (Wildman–Crippen LogP) is 34.3. The topological polar surface area (TPSA) is 0 Å². The summed E-state index contributed by atoms with van der Waals surface area (Å²) < 4.78 is 0. The molecule has 0 radical (unpaired) electrons. The first-order valence-corrected chi connectivity index (χ1v) is 53.2. The molecule has 690 valence electrons. The van der Waals surface area contributed by atoms with E-state index in [9.17, 15) is 0 Å².